The van der Waals surface area contributed by atoms with Gasteiger partial charge in [0.05, 0.1) is 5.56 Å². The van der Waals surface area contributed by atoms with Gasteiger partial charge in [-0.2, -0.15) is 13.2 Å². The van der Waals surface area contributed by atoms with Gasteiger partial charge in [0.1, 0.15) is 5.82 Å². The van der Waals surface area contributed by atoms with Gasteiger partial charge in [-0.05, 0) is 42.7 Å². The average Bonchev–Trinajstić information content (AvgIpc) is 3.10. The van der Waals surface area contributed by atoms with E-state index in [0.717, 1.165) is 31.5 Å². The molecule has 1 amide bonds. The summed E-state index contributed by atoms with van der Waals surface area (Å²) >= 11 is 0. The summed E-state index contributed by atoms with van der Waals surface area (Å²) in [7, 11) is 0. The van der Waals surface area contributed by atoms with Crippen LogP contribution < -0.4 is 10.2 Å². The van der Waals surface area contributed by atoms with Crippen molar-refractivity contribution in [1.82, 2.24) is 10.3 Å². The van der Waals surface area contributed by atoms with E-state index in [-0.39, 0.29) is 11.9 Å². The second-order valence-electron chi connectivity index (χ2n) is 6.75. The molecule has 0 radical (unpaired) electrons. The maximum absolute atomic E-state index is 12.6. The number of rotatable bonds is 5. The molecule has 0 aliphatic carbocycles. The average molecular weight is 377 g/mol. The fourth-order valence-corrected chi connectivity index (χ4v) is 3.21. The van der Waals surface area contributed by atoms with Gasteiger partial charge in [-0.15, -0.1) is 0 Å². The molecule has 1 unspecified atom stereocenters. The second-order valence-corrected chi connectivity index (χ2v) is 6.75. The molecule has 144 valence electrons. The monoisotopic (exact) mass is 377 g/mol. The van der Waals surface area contributed by atoms with Crippen LogP contribution in [0, 0.1) is 0 Å². The Kier molecular flexibility index (Phi) is 5.68. The summed E-state index contributed by atoms with van der Waals surface area (Å²) in [6.45, 7) is 3.27. The lowest BCUT2D eigenvalue weighted by molar-refractivity contribution is -0.137. The van der Waals surface area contributed by atoms with Crippen LogP contribution in [-0.2, 0) is 12.6 Å². The van der Waals surface area contributed by atoms with Crippen molar-refractivity contribution < 1.29 is 18.0 Å². The highest BCUT2D eigenvalue weighted by Gasteiger charge is 2.31. The van der Waals surface area contributed by atoms with Gasteiger partial charge in [-0.3, -0.25) is 4.79 Å². The Morgan fingerprint density at radius 2 is 1.96 bits per heavy atom. The Bertz CT molecular complexity index is 773. The van der Waals surface area contributed by atoms with Crippen molar-refractivity contribution >= 4 is 11.7 Å². The van der Waals surface area contributed by atoms with Gasteiger partial charge >= 0.3 is 6.18 Å². The molecule has 4 nitrogen and oxygen atoms in total. The zero-order valence-electron chi connectivity index (χ0n) is 15.1. The first-order chi connectivity index (χ1) is 12.9. The summed E-state index contributed by atoms with van der Waals surface area (Å²) in [5.74, 6) is 0.356. The molecule has 0 bridgehead atoms. The number of alkyl halides is 3. The highest BCUT2D eigenvalue weighted by molar-refractivity contribution is 5.94. The van der Waals surface area contributed by atoms with Gasteiger partial charge in [-0.1, -0.05) is 25.5 Å². The summed E-state index contributed by atoms with van der Waals surface area (Å²) in [5, 5.41) is 2.99. The fraction of sp³-hybridized carbons (Fsp3) is 0.400. The van der Waals surface area contributed by atoms with E-state index in [1.165, 1.54) is 11.6 Å². The number of pyridine rings is 1. The first-order valence-corrected chi connectivity index (χ1v) is 9.05. The standard InChI is InChI=1S/C20H22F3N3O/c1-2-3-14-4-6-15(7-5-14)19(27)25-17-10-11-26(13-17)18-9-8-16(12-24-18)20(21,22)23/h4-9,12,17H,2-3,10-11,13H2,1H3,(H,25,27). The minimum Gasteiger partial charge on any atom is -0.354 e. The molecule has 1 aromatic carbocycles. The SMILES string of the molecule is CCCc1ccc(C(=O)NC2CCN(c3ccc(C(F)(F)F)cn3)C2)cc1. The Labute approximate surface area is 156 Å². The zero-order chi connectivity index (χ0) is 19.4. The predicted molar refractivity (Wildman–Crippen MR) is 97.8 cm³/mol. The number of nitrogens with one attached hydrogen (secondary N) is 1. The number of nitrogens with zero attached hydrogens (tertiary/aromatic N) is 2. The largest absolute Gasteiger partial charge is 0.417 e. The van der Waals surface area contributed by atoms with Gasteiger partial charge in [0.15, 0.2) is 0 Å². The zero-order valence-corrected chi connectivity index (χ0v) is 15.1. The molecule has 0 spiro atoms. The van der Waals surface area contributed by atoms with Gasteiger partial charge in [0.25, 0.3) is 5.91 Å². The predicted octanol–water partition coefficient (Wildman–Crippen LogP) is 4.06. The number of hydrogen-bond acceptors (Lipinski definition) is 3. The number of aryl methyl sites for hydroxylation is 1. The molecule has 1 aliphatic rings. The van der Waals surface area contributed by atoms with Crippen molar-refractivity contribution in [2.24, 2.45) is 0 Å². The number of aromatic nitrogens is 1. The summed E-state index contributed by atoms with van der Waals surface area (Å²) in [5.41, 5.74) is 1.05. The topological polar surface area (TPSA) is 45.2 Å². The van der Waals surface area contributed by atoms with Gasteiger partial charge in [-0.25, -0.2) is 4.98 Å². The molecule has 1 saturated heterocycles. The normalized spacial score (nSPS) is 17.2. The van der Waals surface area contributed by atoms with E-state index >= 15 is 0 Å². The van der Waals surface area contributed by atoms with Crippen LogP contribution in [-0.4, -0.2) is 30.0 Å². The summed E-state index contributed by atoms with van der Waals surface area (Å²) in [6, 6.07) is 9.93. The highest BCUT2D eigenvalue weighted by atomic mass is 19.4. The Morgan fingerprint density at radius 3 is 2.56 bits per heavy atom. The van der Waals surface area contributed by atoms with Crippen molar-refractivity contribution in [3.8, 4) is 0 Å². The number of carbonyl (C=O) groups is 1. The molecule has 0 saturated carbocycles. The number of hydrogen-bond donors (Lipinski definition) is 1. The van der Waals surface area contributed by atoms with E-state index in [1.807, 2.05) is 29.2 Å². The lowest BCUT2D eigenvalue weighted by Gasteiger charge is -2.18. The highest BCUT2D eigenvalue weighted by Crippen LogP contribution is 2.29. The molecule has 1 atom stereocenters. The van der Waals surface area contributed by atoms with Crippen LogP contribution in [0.2, 0.25) is 0 Å². The molecule has 1 N–H and O–H groups in total. The smallest absolute Gasteiger partial charge is 0.354 e. The quantitative estimate of drug-likeness (QED) is 0.855. The third-order valence-electron chi connectivity index (χ3n) is 4.68. The Balaban J connectivity index is 1.57. The third-order valence-corrected chi connectivity index (χ3v) is 4.68. The van der Waals surface area contributed by atoms with Crippen molar-refractivity contribution in [1.29, 1.82) is 0 Å². The third kappa shape index (κ3) is 4.78. The van der Waals surface area contributed by atoms with Crippen LogP contribution in [0.1, 0.15) is 41.3 Å². The molecular weight excluding hydrogens is 355 g/mol. The molecule has 3 rings (SSSR count). The minimum absolute atomic E-state index is 0.0584. The first kappa shape index (κ1) is 19.2. The van der Waals surface area contributed by atoms with Gasteiger partial charge < -0.3 is 10.2 Å². The molecule has 1 aliphatic heterocycles. The minimum atomic E-state index is -4.39. The summed E-state index contributed by atoms with van der Waals surface area (Å²) in [4.78, 5) is 18.2. The van der Waals surface area contributed by atoms with Crippen LogP contribution in [0.15, 0.2) is 42.6 Å². The van der Waals surface area contributed by atoms with Crippen molar-refractivity contribution in [3.05, 3.63) is 59.3 Å². The van der Waals surface area contributed by atoms with Crippen LogP contribution >= 0.6 is 0 Å². The number of amides is 1. The van der Waals surface area contributed by atoms with Crippen molar-refractivity contribution in [2.45, 2.75) is 38.4 Å². The molecule has 2 aromatic rings. The van der Waals surface area contributed by atoms with Gasteiger partial charge in [0.2, 0.25) is 0 Å². The maximum atomic E-state index is 12.6. The molecule has 1 aromatic heterocycles. The number of carbonyl (C=O) groups excluding carboxylic acids is 1. The molecular formula is C20H22F3N3O. The van der Waals surface area contributed by atoms with E-state index in [2.05, 4.69) is 17.2 Å². The fourth-order valence-electron chi connectivity index (χ4n) is 3.21. The Morgan fingerprint density at radius 1 is 1.22 bits per heavy atom. The van der Waals surface area contributed by atoms with E-state index in [1.54, 1.807) is 0 Å². The second kappa shape index (κ2) is 7.98. The van der Waals surface area contributed by atoms with E-state index in [0.29, 0.717) is 24.5 Å². The van der Waals surface area contributed by atoms with Crippen LogP contribution in [0.4, 0.5) is 19.0 Å². The van der Waals surface area contributed by atoms with Crippen molar-refractivity contribution in [3.63, 3.8) is 0 Å². The number of halogens is 3. The van der Waals surface area contributed by atoms with Crippen LogP contribution in [0.5, 0.6) is 0 Å². The van der Waals surface area contributed by atoms with Crippen LogP contribution in [0.25, 0.3) is 0 Å². The van der Waals surface area contributed by atoms with E-state index in [9.17, 15) is 18.0 Å². The van der Waals surface area contributed by atoms with E-state index < -0.39 is 11.7 Å². The summed E-state index contributed by atoms with van der Waals surface area (Å²) < 4.78 is 37.9. The molecule has 2 heterocycles. The summed E-state index contributed by atoms with van der Waals surface area (Å²) in [6.07, 6.45) is -0.776. The van der Waals surface area contributed by atoms with Crippen molar-refractivity contribution in [2.75, 3.05) is 18.0 Å². The molecule has 27 heavy (non-hydrogen) atoms. The molecule has 1 fully saturated rings. The molecule has 7 heteroatoms. The number of benzene rings is 1. The Hall–Kier alpha value is -2.57. The lowest BCUT2D eigenvalue weighted by Crippen LogP contribution is -2.37. The van der Waals surface area contributed by atoms with Crippen LogP contribution in [0.3, 0.4) is 0 Å². The lowest BCUT2D eigenvalue weighted by atomic mass is 10.1. The van der Waals surface area contributed by atoms with E-state index in [4.69, 9.17) is 0 Å². The first-order valence-electron chi connectivity index (χ1n) is 9.05. The van der Waals surface area contributed by atoms with Gasteiger partial charge in [0, 0.05) is 30.9 Å². The number of anilines is 1. The maximum Gasteiger partial charge on any atom is 0.417 e.